The van der Waals surface area contributed by atoms with Gasteiger partial charge in [-0.05, 0) is 24.3 Å². The Morgan fingerprint density at radius 2 is 1.74 bits per heavy atom. The molecule has 0 unspecified atom stereocenters. The molecule has 0 N–H and O–H groups in total. The SMILES string of the molecule is Cn1cc(/C=C/C(=O)c2ccc(Cl)c(Cl)c2Cl)c(=O)n(C)c1=O. The fourth-order valence-electron chi connectivity index (χ4n) is 1.92. The lowest BCUT2D eigenvalue weighted by atomic mass is 10.1. The molecule has 0 saturated heterocycles. The first-order valence-corrected chi connectivity index (χ1v) is 7.50. The zero-order valence-corrected chi connectivity index (χ0v) is 14.4. The molecule has 0 atom stereocenters. The second-order valence-electron chi connectivity index (χ2n) is 4.76. The van der Waals surface area contributed by atoms with Gasteiger partial charge < -0.3 is 4.57 Å². The van der Waals surface area contributed by atoms with Crippen LogP contribution in [0.3, 0.4) is 0 Å². The predicted octanol–water partition coefficient (Wildman–Crippen LogP) is 2.94. The van der Waals surface area contributed by atoms with Crippen molar-refractivity contribution in [3.05, 3.63) is 71.4 Å². The summed E-state index contributed by atoms with van der Waals surface area (Å²) in [5.74, 6) is -0.440. The van der Waals surface area contributed by atoms with E-state index in [4.69, 9.17) is 34.8 Å². The van der Waals surface area contributed by atoms with Gasteiger partial charge in [0.05, 0.1) is 20.6 Å². The van der Waals surface area contributed by atoms with Gasteiger partial charge in [-0.25, -0.2) is 4.79 Å². The van der Waals surface area contributed by atoms with E-state index in [-0.39, 0.29) is 26.2 Å². The van der Waals surface area contributed by atoms with E-state index in [1.54, 1.807) is 0 Å². The highest BCUT2D eigenvalue weighted by Gasteiger charge is 2.13. The molecule has 0 fully saturated rings. The summed E-state index contributed by atoms with van der Waals surface area (Å²) in [4.78, 5) is 35.8. The lowest BCUT2D eigenvalue weighted by Crippen LogP contribution is -2.37. The molecule has 8 heteroatoms. The largest absolute Gasteiger partial charge is 0.330 e. The Hall–Kier alpha value is -1.82. The van der Waals surface area contributed by atoms with E-state index < -0.39 is 17.0 Å². The molecule has 0 spiro atoms. The number of ketones is 1. The number of nitrogens with zero attached hydrogens (tertiary/aromatic N) is 2. The maximum Gasteiger partial charge on any atom is 0.330 e. The highest BCUT2D eigenvalue weighted by Crippen LogP contribution is 2.32. The maximum atomic E-state index is 12.2. The van der Waals surface area contributed by atoms with Crippen molar-refractivity contribution in [1.82, 2.24) is 9.13 Å². The lowest BCUT2D eigenvalue weighted by molar-refractivity contribution is 0.104. The fourth-order valence-corrected chi connectivity index (χ4v) is 2.55. The van der Waals surface area contributed by atoms with Crippen LogP contribution in [0.5, 0.6) is 0 Å². The van der Waals surface area contributed by atoms with E-state index in [9.17, 15) is 14.4 Å². The highest BCUT2D eigenvalue weighted by atomic mass is 35.5. The number of rotatable bonds is 3. The third kappa shape index (κ3) is 3.42. The van der Waals surface area contributed by atoms with Crippen LogP contribution in [0, 0.1) is 0 Å². The Labute approximate surface area is 146 Å². The minimum atomic E-state index is -0.502. The third-order valence-corrected chi connectivity index (χ3v) is 4.48. The summed E-state index contributed by atoms with van der Waals surface area (Å²) in [5, 5.41) is 0.372. The standard InChI is InChI=1S/C15H11Cl3N2O3/c1-19-7-8(14(22)20(2)15(19)23)3-6-11(21)9-4-5-10(16)13(18)12(9)17/h3-7H,1-2H3/b6-3+. The quantitative estimate of drug-likeness (QED) is 0.472. The van der Waals surface area contributed by atoms with E-state index in [0.29, 0.717) is 0 Å². The van der Waals surface area contributed by atoms with Gasteiger partial charge in [-0.1, -0.05) is 34.8 Å². The molecule has 0 saturated carbocycles. The number of allylic oxidation sites excluding steroid dienone is 1. The molecule has 0 aliphatic heterocycles. The molecule has 0 aliphatic carbocycles. The van der Waals surface area contributed by atoms with Gasteiger partial charge in [0.1, 0.15) is 0 Å². The molecule has 23 heavy (non-hydrogen) atoms. The molecule has 0 radical (unpaired) electrons. The van der Waals surface area contributed by atoms with Gasteiger partial charge >= 0.3 is 5.69 Å². The normalized spacial score (nSPS) is 11.2. The molecular weight excluding hydrogens is 363 g/mol. The summed E-state index contributed by atoms with van der Waals surface area (Å²) < 4.78 is 2.20. The lowest BCUT2D eigenvalue weighted by Gasteiger charge is -2.05. The van der Waals surface area contributed by atoms with Gasteiger partial charge in [0.15, 0.2) is 5.78 Å². The van der Waals surface area contributed by atoms with Crippen molar-refractivity contribution in [1.29, 1.82) is 0 Å². The summed E-state index contributed by atoms with van der Waals surface area (Å²) in [6, 6.07) is 2.91. The monoisotopic (exact) mass is 372 g/mol. The molecule has 5 nitrogen and oxygen atoms in total. The highest BCUT2D eigenvalue weighted by molar-refractivity contribution is 6.49. The van der Waals surface area contributed by atoms with Crippen molar-refractivity contribution in [3.8, 4) is 0 Å². The zero-order valence-electron chi connectivity index (χ0n) is 12.1. The van der Waals surface area contributed by atoms with Crippen molar-refractivity contribution >= 4 is 46.7 Å². The Morgan fingerprint density at radius 3 is 2.39 bits per heavy atom. The van der Waals surface area contributed by atoms with Gasteiger partial charge in [-0.2, -0.15) is 0 Å². The number of carbonyl (C=O) groups is 1. The smallest absolute Gasteiger partial charge is 0.303 e. The number of carbonyl (C=O) groups excluding carboxylic acids is 1. The van der Waals surface area contributed by atoms with Crippen molar-refractivity contribution < 1.29 is 4.79 Å². The van der Waals surface area contributed by atoms with Crippen molar-refractivity contribution in [2.24, 2.45) is 14.1 Å². The van der Waals surface area contributed by atoms with E-state index in [0.717, 1.165) is 4.57 Å². The summed E-state index contributed by atoms with van der Waals surface area (Å²) in [5.41, 5.74) is -0.596. The van der Waals surface area contributed by atoms with Crippen LogP contribution in [0.1, 0.15) is 15.9 Å². The molecule has 1 aromatic heterocycles. The van der Waals surface area contributed by atoms with Gasteiger partial charge in [-0.3, -0.25) is 14.2 Å². The van der Waals surface area contributed by atoms with Crippen LogP contribution in [-0.2, 0) is 14.1 Å². The van der Waals surface area contributed by atoms with Crippen molar-refractivity contribution in [2.45, 2.75) is 0 Å². The molecule has 2 aromatic rings. The summed E-state index contributed by atoms with van der Waals surface area (Å²) >= 11 is 17.7. The van der Waals surface area contributed by atoms with E-state index in [1.807, 2.05) is 0 Å². The second kappa shape index (κ2) is 6.74. The number of hydrogen-bond acceptors (Lipinski definition) is 3. The third-order valence-electron chi connectivity index (χ3n) is 3.19. The molecule has 0 aliphatic rings. The molecule has 2 rings (SSSR count). The predicted molar refractivity (Wildman–Crippen MR) is 91.8 cm³/mol. The molecule has 120 valence electrons. The molecule has 1 aromatic carbocycles. The Morgan fingerprint density at radius 1 is 1.09 bits per heavy atom. The van der Waals surface area contributed by atoms with Crippen LogP contribution in [0.15, 0.2) is 34.0 Å². The molecule has 1 heterocycles. The van der Waals surface area contributed by atoms with Crippen LogP contribution < -0.4 is 11.2 Å². The van der Waals surface area contributed by atoms with E-state index in [1.165, 1.54) is 49.1 Å². The number of hydrogen-bond donors (Lipinski definition) is 0. The van der Waals surface area contributed by atoms with Crippen LogP contribution in [-0.4, -0.2) is 14.9 Å². The van der Waals surface area contributed by atoms with Crippen LogP contribution in [0.4, 0.5) is 0 Å². The van der Waals surface area contributed by atoms with Crippen LogP contribution >= 0.6 is 34.8 Å². The first-order chi connectivity index (χ1) is 10.7. The van der Waals surface area contributed by atoms with Gasteiger partial charge in [0.25, 0.3) is 5.56 Å². The Balaban J connectivity index is 2.42. The minimum absolute atomic E-state index is 0.0437. The Kier molecular flexibility index (Phi) is 5.14. The van der Waals surface area contributed by atoms with E-state index in [2.05, 4.69) is 0 Å². The summed E-state index contributed by atoms with van der Waals surface area (Å²) in [7, 11) is 2.87. The molecule has 0 amide bonds. The van der Waals surface area contributed by atoms with Crippen molar-refractivity contribution in [3.63, 3.8) is 0 Å². The molecule has 0 bridgehead atoms. The second-order valence-corrected chi connectivity index (χ2v) is 5.93. The van der Waals surface area contributed by atoms with Gasteiger partial charge in [0, 0.05) is 25.9 Å². The number of aromatic nitrogens is 2. The fraction of sp³-hybridized carbons (Fsp3) is 0.133. The average Bonchev–Trinajstić information content (AvgIpc) is 2.52. The number of aryl methyl sites for hydroxylation is 1. The first kappa shape index (κ1) is 17.5. The van der Waals surface area contributed by atoms with Gasteiger partial charge in [-0.15, -0.1) is 0 Å². The van der Waals surface area contributed by atoms with Crippen LogP contribution in [0.2, 0.25) is 15.1 Å². The molecular formula is C15H11Cl3N2O3. The Bertz CT molecular complexity index is 942. The van der Waals surface area contributed by atoms with Gasteiger partial charge in [0.2, 0.25) is 0 Å². The van der Waals surface area contributed by atoms with E-state index >= 15 is 0 Å². The minimum Gasteiger partial charge on any atom is -0.303 e. The number of halogens is 3. The van der Waals surface area contributed by atoms with Crippen molar-refractivity contribution in [2.75, 3.05) is 0 Å². The topological polar surface area (TPSA) is 61.1 Å². The zero-order chi connectivity index (χ0) is 17.3. The first-order valence-electron chi connectivity index (χ1n) is 6.36. The number of benzene rings is 1. The maximum absolute atomic E-state index is 12.2. The summed E-state index contributed by atoms with van der Waals surface area (Å²) in [6.07, 6.45) is 3.86. The summed E-state index contributed by atoms with van der Waals surface area (Å²) in [6.45, 7) is 0. The van der Waals surface area contributed by atoms with Crippen LogP contribution in [0.25, 0.3) is 6.08 Å². The average molecular weight is 374 g/mol.